The Balaban J connectivity index is 1.36. The first-order valence-electron chi connectivity index (χ1n) is 12.4. The third kappa shape index (κ3) is 8.74. The van der Waals surface area contributed by atoms with Crippen LogP contribution in [-0.2, 0) is 23.8 Å². The van der Waals surface area contributed by atoms with Crippen molar-refractivity contribution in [1.82, 2.24) is 5.32 Å². The molecule has 6 nitrogen and oxygen atoms in total. The maximum absolute atomic E-state index is 12.1. The molecule has 0 aromatic heterocycles. The quantitative estimate of drug-likeness (QED) is 0.244. The van der Waals surface area contributed by atoms with E-state index in [2.05, 4.69) is 44.3 Å². The lowest BCUT2D eigenvalue weighted by Crippen LogP contribution is -2.43. The van der Waals surface area contributed by atoms with Crippen LogP contribution < -0.4 is 5.32 Å². The average molecular weight is 460 g/mol. The van der Waals surface area contributed by atoms with E-state index in [4.69, 9.17) is 14.2 Å². The van der Waals surface area contributed by atoms with Gasteiger partial charge >= 0.3 is 5.97 Å². The van der Waals surface area contributed by atoms with Crippen LogP contribution in [0.2, 0.25) is 0 Å². The number of nitrogens with one attached hydrogen (secondary N) is 1. The Morgan fingerprint density at radius 2 is 1.85 bits per heavy atom. The first-order valence-corrected chi connectivity index (χ1v) is 12.4. The van der Waals surface area contributed by atoms with Crippen LogP contribution in [0.3, 0.4) is 0 Å². The maximum atomic E-state index is 12.1. The molecule has 0 radical (unpaired) electrons. The molecule has 3 aliphatic rings. The van der Waals surface area contributed by atoms with Crippen LogP contribution in [0.5, 0.6) is 0 Å². The summed E-state index contributed by atoms with van der Waals surface area (Å²) in [6.07, 6.45) is 16.7. The summed E-state index contributed by atoms with van der Waals surface area (Å²) >= 11 is 0. The van der Waals surface area contributed by atoms with Crippen LogP contribution in [0.4, 0.5) is 0 Å². The normalized spacial score (nSPS) is 32.8. The second kappa shape index (κ2) is 11.0. The predicted molar refractivity (Wildman–Crippen MR) is 129 cm³/mol. The topological polar surface area (TPSA) is 77.2 Å². The summed E-state index contributed by atoms with van der Waals surface area (Å²) in [6, 6.07) is 0.219. The summed E-state index contributed by atoms with van der Waals surface area (Å²) in [5.41, 5.74) is 1.19. The summed E-state index contributed by atoms with van der Waals surface area (Å²) in [4.78, 5) is 23.0. The highest BCUT2D eigenvalue weighted by Crippen LogP contribution is 2.46. The van der Waals surface area contributed by atoms with Gasteiger partial charge in [0.15, 0.2) is 0 Å². The van der Waals surface area contributed by atoms with Gasteiger partial charge in [-0.05, 0) is 71.8 Å². The van der Waals surface area contributed by atoms with Gasteiger partial charge in [0.05, 0.1) is 23.9 Å². The molecule has 1 N–H and O–H groups in total. The molecule has 2 aliphatic heterocycles. The smallest absolute Gasteiger partial charge is 0.303 e. The molecule has 1 saturated carbocycles. The fourth-order valence-corrected chi connectivity index (χ4v) is 5.13. The number of hydrogen-bond acceptors (Lipinski definition) is 5. The van der Waals surface area contributed by atoms with Crippen molar-refractivity contribution >= 4 is 11.9 Å². The Hall–Kier alpha value is -1.92. The number of carbonyl (C=O) groups excluding carboxylic acids is 2. The number of allylic oxidation sites excluding steroid dienone is 3. The largest absolute Gasteiger partial charge is 0.459 e. The molecule has 2 saturated heterocycles. The maximum Gasteiger partial charge on any atom is 0.303 e. The minimum absolute atomic E-state index is 0.0544. The highest BCUT2D eigenvalue weighted by molar-refractivity contribution is 5.87. The lowest BCUT2D eigenvalue weighted by atomic mass is 9.83. The number of hydrogen-bond donors (Lipinski definition) is 1. The lowest BCUT2D eigenvalue weighted by molar-refractivity contribution is -0.143. The third-order valence-electron chi connectivity index (χ3n) is 6.75. The second-order valence-corrected chi connectivity index (χ2v) is 10.7. The van der Waals surface area contributed by atoms with Crippen LogP contribution in [0.15, 0.2) is 36.0 Å². The monoisotopic (exact) mass is 459 g/mol. The van der Waals surface area contributed by atoms with E-state index in [1.807, 2.05) is 0 Å². The number of carbonyl (C=O) groups is 2. The molecule has 0 bridgehead atoms. The average Bonchev–Trinajstić information content (AvgIpc) is 3.46. The third-order valence-corrected chi connectivity index (χ3v) is 6.75. The molecule has 33 heavy (non-hydrogen) atoms. The highest BCUT2D eigenvalue weighted by Gasteiger charge is 2.53. The van der Waals surface area contributed by atoms with Crippen LogP contribution in [0.25, 0.3) is 0 Å². The van der Waals surface area contributed by atoms with Crippen molar-refractivity contribution in [1.29, 1.82) is 0 Å². The summed E-state index contributed by atoms with van der Waals surface area (Å²) < 4.78 is 17.0. The van der Waals surface area contributed by atoms with Crippen molar-refractivity contribution < 1.29 is 23.8 Å². The van der Waals surface area contributed by atoms with Crippen LogP contribution in [-0.4, -0.2) is 47.9 Å². The molecule has 3 atom stereocenters. The molecule has 3 fully saturated rings. The molecule has 6 heteroatoms. The number of esters is 1. The van der Waals surface area contributed by atoms with Gasteiger partial charge < -0.3 is 19.5 Å². The minimum atomic E-state index is -0.396. The van der Waals surface area contributed by atoms with E-state index >= 15 is 0 Å². The van der Waals surface area contributed by atoms with Crippen LogP contribution >= 0.6 is 0 Å². The molecule has 0 aromatic carbocycles. The number of amides is 1. The van der Waals surface area contributed by atoms with Crippen molar-refractivity contribution in [2.45, 2.75) is 109 Å². The zero-order chi connectivity index (χ0) is 24.1. The Morgan fingerprint density at radius 3 is 2.48 bits per heavy atom. The van der Waals surface area contributed by atoms with Crippen molar-refractivity contribution in [3.63, 3.8) is 0 Å². The van der Waals surface area contributed by atoms with E-state index in [1.165, 1.54) is 18.6 Å². The number of epoxide rings is 1. The fourth-order valence-electron chi connectivity index (χ4n) is 5.13. The summed E-state index contributed by atoms with van der Waals surface area (Å²) in [5.74, 6) is 0.192. The van der Waals surface area contributed by atoms with E-state index in [9.17, 15) is 9.59 Å². The van der Waals surface area contributed by atoms with Crippen molar-refractivity contribution in [2.75, 3.05) is 6.61 Å². The molecule has 0 unspecified atom stereocenters. The van der Waals surface area contributed by atoms with Crippen molar-refractivity contribution in [3.05, 3.63) is 36.0 Å². The van der Waals surface area contributed by atoms with Crippen molar-refractivity contribution in [2.24, 2.45) is 5.92 Å². The molecule has 1 spiro atoms. The zero-order valence-electron chi connectivity index (χ0n) is 20.9. The van der Waals surface area contributed by atoms with E-state index < -0.39 is 6.10 Å². The Morgan fingerprint density at radius 1 is 1.15 bits per heavy atom. The SMILES string of the molecule is CC(=O)O[C@@H](C)/C=C\C(=O)NC1CCC(C/C=C(C)/C=C/[C@@H]2C[C@]3(CO3)CC(C)(C)O2)CC1. The lowest BCUT2D eigenvalue weighted by Gasteiger charge is -2.38. The van der Waals surface area contributed by atoms with Gasteiger partial charge in [0.2, 0.25) is 5.91 Å². The van der Waals surface area contributed by atoms with E-state index in [1.54, 1.807) is 13.0 Å². The first-order chi connectivity index (χ1) is 15.5. The van der Waals surface area contributed by atoms with Crippen LogP contribution in [0.1, 0.15) is 79.6 Å². The Bertz CT molecular complexity index is 778. The highest BCUT2D eigenvalue weighted by atomic mass is 16.6. The molecular formula is C27H41NO5. The van der Waals surface area contributed by atoms with Gasteiger partial charge in [-0.25, -0.2) is 0 Å². The molecule has 3 rings (SSSR count). The van der Waals surface area contributed by atoms with Crippen LogP contribution in [0, 0.1) is 5.92 Å². The first kappa shape index (κ1) is 25.7. The molecule has 0 aromatic rings. The predicted octanol–water partition coefficient (Wildman–Crippen LogP) is 4.79. The molecule has 2 heterocycles. The fraction of sp³-hybridized carbons (Fsp3) is 0.704. The summed E-state index contributed by atoms with van der Waals surface area (Å²) in [6.45, 7) is 10.4. The van der Waals surface area contributed by atoms with Gasteiger partial charge in [0, 0.05) is 31.9 Å². The number of rotatable bonds is 8. The van der Waals surface area contributed by atoms with Gasteiger partial charge in [-0.15, -0.1) is 0 Å². The summed E-state index contributed by atoms with van der Waals surface area (Å²) in [7, 11) is 0. The summed E-state index contributed by atoms with van der Waals surface area (Å²) in [5, 5.41) is 3.07. The molecular weight excluding hydrogens is 418 g/mol. The van der Waals surface area contributed by atoms with Gasteiger partial charge in [0.1, 0.15) is 6.10 Å². The van der Waals surface area contributed by atoms with E-state index in [0.717, 1.165) is 51.6 Å². The van der Waals surface area contributed by atoms with E-state index in [0.29, 0.717) is 5.92 Å². The van der Waals surface area contributed by atoms with Gasteiger partial charge in [0.25, 0.3) is 0 Å². The molecule has 1 aliphatic carbocycles. The Labute approximate surface area is 198 Å². The van der Waals surface area contributed by atoms with E-state index in [-0.39, 0.29) is 35.2 Å². The number of ether oxygens (including phenoxy) is 3. The molecule has 1 amide bonds. The molecule has 184 valence electrons. The minimum Gasteiger partial charge on any atom is -0.459 e. The van der Waals surface area contributed by atoms with Crippen molar-refractivity contribution in [3.8, 4) is 0 Å². The Kier molecular flexibility index (Phi) is 8.57. The standard InChI is InChI=1S/C27H41NO5/c1-19(7-14-24-16-27(18-31-27)17-26(4,5)33-24)6-9-22-10-12-23(13-11-22)28-25(30)15-8-20(2)32-21(3)29/h6-8,14-15,20,22-24H,9-13,16-18H2,1-5H3,(H,28,30)/b14-7+,15-8-,19-6+/t20-,22?,23?,24+,27+/m0/s1. The second-order valence-electron chi connectivity index (χ2n) is 10.7. The zero-order valence-corrected chi connectivity index (χ0v) is 20.9. The van der Waals surface area contributed by atoms with Gasteiger partial charge in [-0.3, -0.25) is 9.59 Å². The van der Waals surface area contributed by atoms with Gasteiger partial charge in [-0.1, -0.05) is 23.8 Å². The van der Waals surface area contributed by atoms with Gasteiger partial charge in [-0.2, -0.15) is 0 Å².